The average molecular weight is 185 g/mol. The third-order valence-electron chi connectivity index (χ3n) is 1.88. The smallest absolute Gasteiger partial charge is 0.246 e. The molecule has 1 saturated heterocycles. The fourth-order valence-corrected chi connectivity index (χ4v) is 1.65. The summed E-state index contributed by atoms with van der Waals surface area (Å²) >= 11 is 1.18. The van der Waals surface area contributed by atoms with Crippen molar-refractivity contribution in [2.24, 2.45) is 0 Å². The number of nitrogens with zero attached hydrogens (tertiary/aromatic N) is 2. The molecule has 0 bridgehead atoms. The van der Waals surface area contributed by atoms with E-state index in [9.17, 15) is 0 Å². The Hall–Kier alpha value is -0.680. The molecular weight excluding hydrogens is 174 g/mol. The molecule has 0 spiro atoms. The molecule has 0 amide bonds. The van der Waals surface area contributed by atoms with Crippen LogP contribution in [0.2, 0.25) is 0 Å². The van der Waals surface area contributed by atoms with Gasteiger partial charge in [-0.3, -0.25) is 0 Å². The monoisotopic (exact) mass is 185 g/mol. The SMILES string of the molecule is c1nsnc1OC1CCCNC1. The average Bonchev–Trinajstić information content (AvgIpc) is 2.59. The van der Waals surface area contributed by atoms with E-state index >= 15 is 0 Å². The molecular formula is C7H11N3OS. The zero-order valence-corrected chi connectivity index (χ0v) is 7.51. The predicted molar refractivity (Wildman–Crippen MR) is 46.4 cm³/mol. The van der Waals surface area contributed by atoms with Crippen LogP contribution in [-0.4, -0.2) is 27.9 Å². The topological polar surface area (TPSA) is 47.0 Å². The molecule has 2 heterocycles. The molecule has 0 saturated carbocycles. The highest BCUT2D eigenvalue weighted by atomic mass is 32.1. The number of aromatic nitrogens is 2. The third-order valence-corrected chi connectivity index (χ3v) is 2.34. The Morgan fingerprint density at radius 2 is 2.67 bits per heavy atom. The molecule has 0 radical (unpaired) electrons. The van der Waals surface area contributed by atoms with E-state index in [0.29, 0.717) is 5.88 Å². The van der Waals surface area contributed by atoms with Gasteiger partial charge in [-0.2, -0.15) is 4.37 Å². The predicted octanol–water partition coefficient (Wildman–Crippen LogP) is 0.669. The molecule has 1 fully saturated rings. The molecule has 1 unspecified atom stereocenters. The lowest BCUT2D eigenvalue weighted by molar-refractivity contribution is 0.162. The van der Waals surface area contributed by atoms with E-state index in [1.165, 1.54) is 18.1 Å². The third kappa shape index (κ3) is 1.92. The molecule has 5 heteroatoms. The Labute approximate surface area is 75.3 Å². The first-order valence-corrected chi connectivity index (χ1v) is 4.83. The van der Waals surface area contributed by atoms with Crippen molar-refractivity contribution in [2.45, 2.75) is 18.9 Å². The van der Waals surface area contributed by atoms with E-state index < -0.39 is 0 Å². The highest BCUT2D eigenvalue weighted by Crippen LogP contribution is 2.12. The van der Waals surface area contributed by atoms with Crippen LogP contribution >= 0.6 is 11.7 Å². The summed E-state index contributed by atoms with van der Waals surface area (Å²) in [4.78, 5) is 0. The van der Waals surface area contributed by atoms with Crippen LogP contribution in [0, 0.1) is 0 Å². The maximum atomic E-state index is 5.57. The molecule has 0 aliphatic carbocycles. The van der Waals surface area contributed by atoms with Crippen molar-refractivity contribution in [3.63, 3.8) is 0 Å². The summed E-state index contributed by atoms with van der Waals surface area (Å²) in [6.07, 6.45) is 4.24. The van der Waals surface area contributed by atoms with E-state index in [-0.39, 0.29) is 6.10 Å². The normalized spacial score (nSPS) is 23.8. The molecule has 1 N–H and O–H groups in total. The van der Waals surface area contributed by atoms with E-state index in [1.807, 2.05) is 0 Å². The molecule has 1 aliphatic rings. The first-order valence-electron chi connectivity index (χ1n) is 4.10. The minimum absolute atomic E-state index is 0.280. The summed E-state index contributed by atoms with van der Waals surface area (Å²) < 4.78 is 13.4. The molecule has 1 aromatic heterocycles. The van der Waals surface area contributed by atoms with Crippen molar-refractivity contribution in [2.75, 3.05) is 13.1 Å². The van der Waals surface area contributed by atoms with Crippen molar-refractivity contribution in [1.82, 2.24) is 14.1 Å². The summed E-state index contributed by atoms with van der Waals surface area (Å²) in [5.74, 6) is 0.661. The fourth-order valence-electron chi connectivity index (χ4n) is 1.30. The van der Waals surface area contributed by atoms with E-state index in [2.05, 4.69) is 14.1 Å². The van der Waals surface area contributed by atoms with E-state index in [4.69, 9.17) is 4.74 Å². The van der Waals surface area contributed by atoms with Gasteiger partial charge in [-0.05, 0) is 19.4 Å². The van der Waals surface area contributed by atoms with Gasteiger partial charge in [0.2, 0.25) is 5.88 Å². The number of rotatable bonds is 2. The van der Waals surface area contributed by atoms with Gasteiger partial charge < -0.3 is 10.1 Å². The van der Waals surface area contributed by atoms with Crippen molar-refractivity contribution in [1.29, 1.82) is 0 Å². The molecule has 1 aliphatic heterocycles. The van der Waals surface area contributed by atoms with Crippen LogP contribution in [-0.2, 0) is 0 Å². The zero-order chi connectivity index (χ0) is 8.23. The van der Waals surface area contributed by atoms with Gasteiger partial charge >= 0.3 is 0 Å². The minimum atomic E-state index is 0.280. The summed E-state index contributed by atoms with van der Waals surface area (Å²) in [5, 5.41) is 3.28. The second kappa shape index (κ2) is 3.82. The Morgan fingerprint density at radius 3 is 3.33 bits per heavy atom. The van der Waals surface area contributed by atoms with Crippen LogP contribution in [0.25, 0.3) is 0 Å². The molecule has 2 rings (SSSR count). The minimum Gasteiger partial charge on any atom is -0.471 e. The summed E-state index contributed by atoms with van der Waals surface area (Å²) in [6.45, 7) is 2.03. The van der Waals surface area contributed by atoms with Crippen LogP contribution in [0.1, 0.15) is 12.8 Å². The molecule has 0 aromatic carbocycles. The van der Waals surface area contributed by atoms with Crippen molar-refractivity contribution >= 4 is 11.7 Å². The number of hydrogen-bond acceptors (Lipinski definition) is 5. The maximum Gasteiger partial charge on any atom is 0.246 e. The quantitative estimate of drug-likeness (QED) is 0.735. The van der Waals surface area contributed by atoms with Gasteiger partial charge in [0.15, 0.2) is 0 Å². The van der Waals surface area contributed by atoms with Crippen molar-refractivity contribution in [3.8, 4) is 5.88 Å². The number of piperidine rings is 1. The maximum absolute atomic E-state index is 5.57. The van der Waals surface area contributed by atoms with Gasteiger partial charge in [-0.25, -0.2) is 0 Å². The van der Waals surface area contributed by atoms with Gasteiger partial charge in [0.1, 0.15) is 12.3 Å². The van der Waals surface area contributed by atoms with Gasteiger partial charge in [0.05, 0.1) is 11.7 Å². The van der Waals surface area contributed by atoms with Crippen LogP contribution in [0.4, 0.5) is 0 Å². The van der Waals surface area contributed by atoms with Crippen LogP contribution in [0.15, 0.2) is 6.20 Å². The Balaban J connectivity index is 1.86. The summed E-state index contributed by atoms with van der Waals surface area (Å²) in [6, 6.07) is 0. The molecule has 1 atom stereocenters. The summed E-state index contributed by atoms with van der Waals surface area (Å²) in [7, 11) is 0. The first kappa shape index (κ1) is 7.94. The second-order valence-electron chi connectivity index (χ2n) is 2.83. The number of ether oxygens (including phenoxy) is 1. The van der Waals surface area contributed by atoms with Gasteiger partial charge in [0, 0.05) is 6.54 Å². The lowest BCUT2D eigenvalue weighted by Crippen LogP contribution is -2.37. The van der Waals surface area contributed by atoms with Crippen LogP contribution in [0.5, 0.6) is 5.88 Å². The number of nitrogens with one attached hydrogen (secondary N) is 1. The zero-order valence-electron chi connectivity index (χ0n) is 6.69. The highest BCUT2D eigenvalue weighted by Gasteiger charge is 2.14. The van der Waals surface area contributed by atoms with E-state index in [0.717, 1.165) is 19.5 Å². The van der Waals surface area contributed by atoms with Gasteiger partial charge in [-0.15, -0.1) is 4.37 Å². The Morgan fingerprint density at radius 1 is 1.67 bits per heavy atom. The van der Waals surface area contributed by atoms with Crippen molar-refractivity contribution in [3.05, 3.63) is 6.20 Å². The van der Waals surface area contributed by atoms with E-state index in [1.54, 1.807) is 6.20 Å². The summed E-state index contributed by atoms with van der Waals surface area (Å²) in [5.41, 5.74) is 0. The molecule has 12 heavy (non-hydrogen) atoms. The Kier molecular flexibility index (Phi) is 2.53. The highest BCUT2D eigenvalue weighted by molar-refractivity contribution is 6.99. The first-order chi connectivity index (χ1) is 5.95. The van der Waals surface area contributed by atoms with Crippen LogP contribution in [0.3, 0.4) is 0 Å². The lowest BCUT2D eigenvalue weighted by atomic mass is 10.1. The van der Waals surface area contributed by atoms with Crippen LogP contribution < -0.4 is 10.1 Å². The lowest BCUT2D eigenvalue weighted by Gasteiger charge is -2.22. The Bertz CT molecular complexity index is 221. The van der Waals surface area contributed by atoms with Gasteiger partial charge in [0.25, 0.3) is 0 Å². The fraction of sp³-hybridized carbons (Fsp3) is 0.714. The standard InChI is InChI=1S/C7H11N3OS/c1-2-6(4-8-3-1)11-7-5-9-12-10-7/h5-6,8H,1-4H2. The van der Waals surface area contributed by atoms with Gasteiger partial charge in [-0.1, -0.05) is 0 Å². The molecule has 1 aromatic rings. The van der Waals surface area contributed by atoms with Crippen molar-refractivity contribution < 1.29 is 4.74 Å². The second-order valence-corrected chi connectivity index (χ2v) is 3.39. The largest absolute Gasteiger partial charge is 0.471 e. The number of hydrogen-bond donors (Lipinski definition) is 1. The molecule has 4 nitrogen and oxygen atoms in total. The molecule has 66 valence electrons.